The van der Waals surface area contributed by atoms with Gasteiger partial charge in [-0.1, -0.05) is 20.8 Å². The first-order valence-corrected chi connectivity index (χ1v) is 8.64. The number of aromatic nitrogens is 3. The average molecular weight is 461 g/mol. The number of pyridine rings is 1. The fraction of sp³-hybridized carbons (Fsp3) is 0.400. The highest BCUT2D eigenvalue weighted by Gasteiger charge is 2.24. The van der Waals surface area contributed by atoms with E-state index in [0.717, 1.165) is 31.8 Å². The van der Waals surface area contributed by atoms with Crippen molar-refractivity contribution in [3.05, 3.63) is 32.1 Å². The Kier molecular flexibility index (Phi) is 5.19. The number of halogens is 2. The average Bonchev–Trinajstić information content (AvgIpc) is 2.41. The topological polar surface area (TPSA) is 50.7 Å². The van der Waals surface area contributed by atoms with Crippen molar-refractivity contribution in [2.24, 2.45) is 0 Å². The summed E-state index contributed by atoms with van der Waals surface area (Å²) in [7, 11) is 0. The Hall–Kier alpha value is -0.760. The molecule has 6 heteroatoms. The zero-order valence-electron chi connectivity index (χ0n) is 12.5. The van der Waals surface area contributed by atoms with Gasteiger partial charge in [-0.3, -0.25) is 4.98 Å². The van der Waals surface area contributed by atoms with Crippen LogP contribution in [0.15, 0.2) is 22.8 Å². The third-order valence-corrected chi connectivity index (χ3v) is 4.54. The molecule has 2 aromatic rings. The van der Waals surface area contributed by atoms with Crippen molar-refractivity contribution in [2.45, 2.75) is 33.1 Å². The molecular weight excluding hydrogens is 443 g/mol. The molecule has 0 unspecified atom stereocenters. The molecule has 2 rings (SSSR count). The summed E-state index contributed by atoms with van der Waals surface area (Å²) in [5, 5.41) is 3.32. The minimum Gasteiger partial charge on any atom is -0.369 e. The molecule has 2 heterocycles. The number of nitrogens with one attached hydrogen (secondary N) is 1. The molecule has 0 aliphatic rings. The number of nitrogens with zero attached hydrogens (tertiary/aromatic N) is 3. The van der Waals surface area contributed by atoms with Gasteiger partial charge in [0.05, 0.1) is 9.26 Å². The molecule has 0 spiro atoms. The Morgan fingerprint density at radius 1 is 1.29 bits per heavy atom. The lowest BCUT2D eigenvalue weighted by Crippen LogP contribution is -2.19. The van der Waals surface area contributed by atoms with E-state index < -0.39 is 0 Å². The Morgan fingerprint density at radius 2 is 2.00 bits per heavy atom. The highest BCUT2D eigenvalue weighted by Crippen LogP contribution is 2.32. The van der Waals surface area contributed by atoms with E-state index in [1.54, 1.807) is 6.20 Å². The molecule has 0 saturated heterocycles. The van der Waals surface area contributed by atoms with Gasteiger partial charge in [-0.25, -0.2) is 9.97 Å². The van der Waals surface area contributed by atoms with Gasteiger partial charge in [0.25, 0.3) is 0 Å². The number of rotatable bonds is 3. The zero-order valence-corrected chi connectivity index (χ0v) is 16.3. The molecule has 0 atom stereocenters. The van der Waals surface area contributed by atoms with E-state index in [9.17, 15) is 0 Å². The molecule has 2 aromatic heterocycles. The van der Waals surface area contributed by atoms with Crippen molar-refractivity contribution in [2.75, 3.05) is 11.9 Å². The Bertz CT molecular complexity index is 653. The summed E-state index contributed by atoms with van der Waals surface area (Å²) in [6.45, 7) is 9.35. The van der Waals surface area contributed by atoms with Crippen LogP contribution in [0.1, 0.15) is 33.4 Å². The Labute approximate surface area is 147 Å². The second-order valence-electron chi connectivity index (χ2n) is 5.67. The zero-order chi connectivity index (χ0) is 15.6. The van der Waals surface area contributed by atoms with Crippen molar-refractivity contribution in [1.29, 1.82) is 0 Å². The SMILES string of the molecule is CCNc1nc(-c2ncccc2Br)nc(C(C)(C)C)c1I. The predicted molar refractivity (Wildman–Crippen MR) is 98.5 cm³/mol. The monoisotopic (exact) mass is 460 g/mol. The highest BCUT2D eigenvalue weighted by molar-refractivity contribution is 14.1. The quantitative estimate of drug-likeness (QED) is 0.678. The predicted octanol–water partition coefficient (Wildman–Crippen LogP) is 4.64. The summed E-state index contributed by atoms with van der Waals surface area (Å²) in [6.07, 6.45) is 1.76. The molecule has 4 nitrogen and oxygen atoms in total. The third-order valence-electron chi connectivity index (χ3n) is 2.88. The van der Waals surface area contributed by atoms with E-state index in [1.807, 2.05) is 12.1 Å². The number of hydrogen-bond donors (Lipinski definition) is 1. The lowest BCUT2D eigenvalue weighted by Gasteiger charge is -2.22. The lowest BCUT2D eigenvalue weighted by molar-refractivity contribution is 0.564. The van der Waals surface area contributed by atoms with Crippen LogP contribution in [0.25, 0.3) is 11.5 Å². The fourth-order valence-electron chi connectivity index (χ4n) is 1.88. The van der Waals surface area contributed by atoms with Crippen LogP contribution in [0.5, 0.6) is 0 Å². The van der Waals surface area contributed by atoms with Crippen molar-refractivity contribution in [1.82, 2.24) is 15.0 Å². The smallest absolute Gasteiger partial charge is 0.181 e. The van der Waals surface area contributed by atoms with Crippen LogP contribution in [-0.4, -0.2) is 21.5 Å². The van der Waals surface area contributed by atoms with Crippen LogP contribution in [0.2, 0.25) is 0 Å². The second-order valence-corrected chi connectivity index (χ2v) is 7.61. The molecule has 0 saturated carbocycles. The van der Waals surface area contributed by atoms with Gasteiger partial charge in [-0.15, -0.1) is 0 Å². The van der Waals surface area contributed by atoms with Crippen LogP contribution in [-0.2, 0) is 5.41 Å². The van der Waals surface area contributed by atoms with Gasteiger partial charge in [0.15, 0.2) is 5.82 Å². The lowest BCUT2D eigenvalue weighted by atomic mass is 9.92. The van der Waals surface area contributed by atoms with E-state index in [4.69, 9.17) is 4.98 Å². The highest BCUT2D eigenvalue weighted by atomic mass is 127. The summed E-state index contributed by atoms with van der Waals surface area (Å²) < 4.78 is 1.96. The van der Waals surface area contributed by atoms with E-state index in [-0.39, 0.29) is 5.41 Å². The first-order chi connectivity index (χ1) is 9.84. The minimum absolute atomic E-state index is 0.0559. The van der Waals surface area contributed by atoms with Gasteiger partial charge in [-0.2, -0.15) is 0 Å². The van der Waals surface area contributed by atoms with E-state index in [0.29, 0.717) is 5.82 Å². The summed E-state index contributed by atoms with van der Waals surface area (Å²) in [5.41, 5.74) is 1.74. The summed E-state index contributed by atoms with van der Waals surface area (Å²) in [4.78, 5) is 13.8. The van der Waals surface area contributed by atoms with Crippen LogP contribution >= 0.6 is 38.5 Å². The van der Waals surface area contributed by atoms with Crippen LogP contribution in [0.3, 0.4) is 0 Å². The van der Waals surface area contributed by atoms with Gasteiger partial charge in [-0.05, 0) is 57.6 Å². The van der Waals surface area contributed by atoms with E-state index >= 15 is 0 Å². The van der Waals surface area contributed by atoms with Gasteiger partial charge in [0.2, 0.25) is 0 Å². The largest absolute Gasteiger partial charge is 0.369 e. The first kappa shape index (κ1) is 16.6. The molecule has 0 amide bonds. The van der Waals surface area contributed by atoms with Gasteiger partial charge < -0.3 is 5.32 Å². The van der Waals surface area contributed by atoms with Crippen LogP contribution in [0.4, 0.5) is 5.82 Å². The summed E-state index contributed by atoms with van der Waals surface area (Å²) >= 11 is 5.84. The number of anilines is 1. The van der Waals surface area contributed by atoms with Crippen molar-refractivity contribution in [3.63, 3.8) is 0 Å². The molecule has 0 fully saturated rings. The molecule has 112 valence electrons. The number of hydrogen-bond acceptors (Lipinski definition) is 4. The molecule has 0 aromatic carbocycles. The van der Waals surface area contributed by atoms with E-state index in [1.165, 1.54) is 0 Å². The van der Waals surface area contributed by atoms with Gasteiger partial charge in [0.1, 0.15) is 11.5 Å². The van der Waals surface area contributed by atoms with Crippen molar-refractivity contribution >= 4 is 44.3 Å². The molecule has 0 bridgehead atoms. The standard InChI is InChI=1S/C15H18BrIN4/c1-5-18-13-10(17)12(15(2,3)4)20-14(21-13)11-9(16)7-6-8-19-11/h6-8H,5H2,1-4H3,(H,18,20,21). The summed E-state index contributed by atoms with van der Waals surface area (Å²) in [6, 6.07) is 3.84. The van der Waals surface area contributed by atoms with Crippen LogP contribution < -0.4 is 5.32 Å². The van der Waals surface area contributed by atoms with Gasteiger partial charge >= 0.3 is 0 Å². The molecule has 0 aliphatic carbocycles. The molecular formula is C15H18BrIN4. The maximum absolute atomic E-state index is 4.77. The Morgan fingerprint density at radius 3 is 2.57 bits per heavy atom. The van der Waals surface area contributed by atoms with Crippen molar-refractivity contribution < 1.29 is 0 Å². The normalized spacial score (nSPS) is 11.5. The Balaban J connectivity index is 2.68. The van der Waals surface area contributed by atoms with Crippen LogP contribution in [0, 0.1) is 3.57 Å². The maximum atomic E-state index is 4.77. The van der Waals surface area contributed by atoms with Crippen molar-refractivity contribution in [3.8, 4) is 11.5 Å². The molecule has 0 aliphatic heterocycles. The molecule has 0 radical (unpaired) electrons. The fourth-order valence-corrected chi connectivity index (χ4v) is 3.56. The van der Waals surface area contributed by atoms with E-state index in [2.05, 4.69) is 81.5 Å². The summed E-state index contributed by atoms with van der Waals surface area (Å²) in [5.74, 6) is 1.51. The molecule has 21 heavy (non-hydrogen) atoms. The first-order valence-electron chi connectivity index (χ1n) is 6.77. The molecule has 1 N–H and O–H groups in total. The second kappa shape index (κ2) is 6.56. The maximum Gasteiger partial charge on any atom is 0.181 e. The van der Waals surface area contributed by atoms with Gasteiger partial charge in [0, 0.05) is 22.6 Å². The minimum atomic E-state index is -0.0559. The third kappa shape index (κ3) is 3.71.